The highest BCUT2D eigenvalue weighted by Gasteiger charge is 2.28. The predicted molar refractivity (Wildman–Crippen MR) is 125 cm³/mol. The largest absolute Gasteiger partial charge is 0.359 e. The average Bonchev–Trinajstić information content (AvgIpc) is 3.18. The van der Waals surface area contributed by atoms with Crippen molar-refractivity contribution in [1.29, 1.82) is 0 Å². The maximum atomic E-state index is 13.0. The molecule has 7 nitrogen and oxygen atoms in total. The van der Waals surface area contributed by atoms with Crippen LogP contribution in [0.2, 0.25) is 25.7 Å². The van der Waals surface area contributed by atoms with Crippen molar-refractivity contribution in [1.82, 2.24) is 14.8 Å². The van der Waals surface area contributed by atoms with Crippen LogP contribution in [0.1, 0.15) is 17.5 Å². The number of rotatable bonds is 10. The zero-order valence-electron chi connectivity index (χ0n) is 17.7. The Morgan fingerprint density at radius 1 is 1.06 bits per heavy atom. The predicted octanol–water partition coefficient (Wildman–Crippen LogP) is 4.85. The molecule has 0 amide bonds. The van der Waals surface area contributed by atoms with E-state index >= 15 is 0 Å². The molecule has 3 rings (SSSR count). The minimum Gasteiger partial charge on any atom is -0.359 e. The van der Waals surface area contributed by atoms with Gasteiger partial charge < -0.3 is 4.74 Å². The van der Waals surface area contributed by atoms with E-state index in [0.29, 0.717) is 18.0 Å². The molecule has 0 aliphatic rings. The average molecular weight is 525 g/mol. The summed E-state index contributed by atoms with van der Waals surface area (Å²) in [5.74, 6) is 0.361. The normalized spacial score (nSPS) is 13.3. The lowest BCUT2D eigenvalue weighted by molar-refractivity contribution is 0.0713. The molecule has 0 saturated carbocycles. The van der Waals surface area contributed by atoms with Gasteiger partial charge in [0.15, 0.2) is 11.9 Å². The van der Waals surface area contributed by atoms with E-state index in [9.17, 15) is 8.42 Å². The number of aromatic nitrogens is 3. The van der Waals surface area contributed by atoms with Crippen LogP contribution < -0.4 is 0 Å². The molecule has 1 unspecified atom stereocenters. The van der Waals surface area contributed by atoms with Crippen molar-refractivity contribution >= 4 is 34.1 Å². The first-order valence-electron chi connectivity index (χ1n) is 9.85. The number of benzene rings is 2. The van der Waals surface area contributed by atoms with Crippen LogP contribution in [0, 0.1) is 0 Å². The summed E-state index contributed by atoms with van der Waals surface area (Å²) in [6.07, 6.45) is 0.417. The van der Waals surface area contributed by atoms with Gasteiger partial charge in [0.1, 0.15) is 13.1 Å². The van der Waals surface area contributed by atoms with Gasteiger partial charge in [-0.05, 0) is 35.9 Å². The molecule has 3 aromatic rings. The van der Waals surface area contributed by atoms with E-state index < -0.39 is 24.3 Å². The second-order valence-corrected chi connectivity index (χ2v) is 16.4. The molecule has 0 fully saturated rings. The lowest BCUT2D eigenvalue weighted by atomic mass is 10.1. The van der Waals surface area contributed by atoms with Crippen LogP contribution in [0.4, 0.5) is 0 Å². The van der Waals surface area contributed by atoms with Gasteiger partial charge in [-0.15, -0.1) is 0 Å². The summed E-state index contributed by atoms with van der Waals surface area (Å²) in [6, 6.07) is 16.4. The standard InChI is InChI=1S/C21H26BrN3O4SSi/c1-31(2,3)14-13-28-16-25-21(23-15-24-25)20(17-7-5-4-6-8-17)29-30(26,27)19-11-9-18(22)10-12-19/h4-12,15,20H,13-14,16H2,1-3H3. The van der Waals surface area contributed by atoms with Gasteiger partial charge >= 0.3 is 0 Å². The van der Waals surface area contributed by atoms with Crippen LogP contribution in [0.25, 0.3) is 0 Å². The summed E-state index contributed by atoms with van der Waals surface area (Å²) in [6.45, 7) is 7.63. The highest BCUT2D eigenvalue weighted by molar-refractivity contribution is 9.10. The van der Waals surface area contributed by atoms with E-state index in [-0.39, 0.29) is 11.6 Å². The Bertz CT molecular complexity index is 1080. The third-order valence-electron chi connectivity index (χ3n) is 4.52. The molecule has 0 bridgehead atoms. The van der Waals surface area contributed by atoms with E-state index in [1.807, 2.05) is 18.2 Å². The molecule has 10 heteroatoms. The zero-order valence-corrected chi connectivity index (χ0v) is 21.1. The second-order valence-electron chi connectivity index (χ2n) is 8.26. The number of hydrogen-bond acceptors (Lipinski definition) is 6. The van der Waals surface area contributed by atoms with E-state index in [2.05, 4.69) is 45.7 Å². The summed E-state index contributed by atoms with van der Waals surface area (Å²) >= 11 is 3.31. The Kier molecular flexibility index (Phi) is 7.81. The van der Waals surface area contributed by atoms with Gasteiger partial charge in [0.05, 0.1) is 4.90 Å². The van der Waals surface area contributed by atoms with Gasteiger partial charge in [-0.1, -0.05) is 65.9 Å². The Labute approximate surface area is 192 Å². The zero-order chi connectivity index (χ0) is 22.5. The molecule has 166 valence electrons. The fraction of sp³-hybridized carbons (Fsp3) is 0.333. The SMILES string of the molecule is C[Si](C)(C)CCOCn1ncnc1C(OS(=O)(=O)c1ccc(Br)cc1)c1ccccc1. The van der Waals surface area contributed by atoms with Crippen molar-refractivity contribution in [2.45, 2.75) is 43.4 Å². The van der Waals surface area contributed by atoms with Crippen molar-refractivity contribution in [3.05, 3.63) is 76.8 Å². The smallest absolute Gasteiger partial charge is 0.298 e. The molecule has 0 spiro atoms. The Balaban J connectivity index is 1.86. The molecule has 1 heterocycles. The molecule has 1 aromatic heterocycles. The molecular weight excluding hydrogens is 498 g/mol. The van der Waals surface area contributed by atoms with Crippen molar-refractivity contribution < 1.29 is 17.3 Å². The van der Waals surface area contributed by atoms with E-state index in [4.69, 9.17) is 8.92 Å². The number of halogens is 1. The van der Waals surface area contributed by atoms with Crippen LogP contribution in [-0.4, -0.2) is 37.9 Å². The summed E-state index contributed by atoms with van der Waals surface area (Å²) in [7, 11) is -5.27. The Hall–Kier alpha value is -1.85. The summed E-state index contributed by atoms with van der Waals surface area (Å²) in [5.41, 5.74) is 0.652. The highest BCUT2D eigenvalue weighted by atomic mass is 79.9. The molecule has 2 aromatic carbocycles. The van der Waals surface area contributed by atoms with Crippen molar-refractivity contribution in [2.24, 2.45) is 0 Å². The molecule has 0 saturated heterocycles. The van der Waals surface area contributed by atoms with Crippen LogP contribution in [0.5, 0.6) is 0 Å². The first-order valence-corrected chi connectivity index (χ1v) is 15.8. The number of ether oxygens (including phenoxy) is 1. The van der Waals surface area contributed by atoms with Crippen LogP contribution in [0.15, 0.2) is 70.3 Å². The highest BCUT2D eigenvalue weighted by Crippen LogP contribution is 2.29. The molecule has 0 N–H and O–H groups in total. The number of hydrogen-bond donors (Lipinski definition) is 0. The first kappa shape index (κ1) is 23.8. The summed E-state index contributed by atoms with van der Waals surface area (Å²) < 4.78 is 39.8. The van der Waals surface area contributed by atoms with Crippen LogP contribution in [0.3, 0.4) is 0 Å². The molecular formula is C21H26BrN3O4SSi. The number of nitrogens with zero attached hydrogens (tertiary/aromatic N) is 3. The summed E-state index contributed by atoms with van der Waals surface area (Å²) in [5, 5.41) is 4.22. The maximum Gasteiger partial charge on any atom is 0.298 e. The van der Waals surface area contributed by atoms with E-state index in [1.165, 1.54) is 18.5 Å². The maximum absolute atomic E-state index is 13.0. The van der Waals surface area contributed by atoms with Crippen LogP contribution in [-0.2, 0) is 25.8 Å². The van der Waals surface area contributed by atoms with Gasteiger partial charge in [0.25, 0.3) is 10.1 Å². The van der Waals surface area contributed by atoms with Gasteiger partial charge in [-0.25, -0.2) is 13.8 Å². The minimum atomic E-state index is -4.05. The lowest BCUT2D eigenvalue weighted by Crippen LogP contribution is -2.23. The monoisotopic (exact) mass is 523 g/mol. The first-order chi connectivity index (χ1) is 14.7. The van der Waals surface area contributed by atoms with Gasteiger partial charge in [-0.3, -0.25) is 0 Å². The molecule has 1 atom stereocenters. The van der Waals surface area contributed by atoms with Crippen molar-refractivity contribution in [2.75, 3.05) is 6.61 Å². The third-order valence-corrected chi connectivity index (χ3v) is 8.05. The van der Waals surface area contributed by atoms with Crippen molar-refractivity contribution in [3.8, 4) is 0 Å². The molecule has 0 aliphatic carbocycles. The molecule has 0 aliphatic heterocycles. The lowest BCUT2D eigenvalue weighted by Gasteiger charge is -2.19. The van der Waals surface area contributed by atoms with Gasteiger partial charge in [-0.2, -0.15) is 13.5 Å². The van der Waals surface area contributed by atoms with Gasteiger partial charge in [0, 0.05) is 19.2 Å². The minimum absolute atomic E-state index is 0.0640. The fourth-order valence-corrected chi connectivity index (χ4v) is 4.82. The summed E-state index contributed by atoms with van der Waals surface area (Å²) in [4.78, 5) is 4.36. The Morgan fingerprint density at radius 2 is 1.74 bits per heavy atom. The van der Waals surface area contributed by atoms with E-state index in [0.717, 1.165) is 10.5 Å². The van der Waals surface area contributed by atoms with Gasteiger partial charge in [0.2, 0.25) is 0 Å². The second kappa shape index (κ2) is 10.2. The molecule has 31 heavy (non-hydrogen) atoms. The molecule has 0 radical (unpaired) electrons. The van der Waals surface area contributed by atoms with E-state index in [1.54, 1.807) is 28.9 Å². The Morgan fingerprint density at radius 3 is 2.39 bits per heavy atom. The third kappa shape index (κ3) is 6.81. The van der Waals surface area contributed by atoms with Crippen LogP contribution >= 0.6 is 15.9 Å². The quantitative estimate of drug-likeness (QED) is 0.214. The fourth-order valence-electron chi connectivity index (χ4n) is 2.76. The topological polar surface area (TPSA) is 83.3 Å². The van der Waals surface area contributed by atoms with Crippen molar-refractivity contribution in [3.63, 3.8) is 0 Å².